The molecule has 0 unspecified atom stereocenters. The molecule has 0 radical (unpaired) electrons. The van der Waals surface area contributed by atoms with Gasteiger partial charge in [-0.2, -0.15) is 0 Å². The first-order chi connectivity index (χ1) is 7.00. The number of hydrogen-bond donors (Lipinski definition) is 2. The molecule has 0 saturated carbocycles. The molecule has 0 heterocycles. The molecular weight excluding hydrogens is 218 g/mol. The van der Waals surface area contributed by atoms with Gasteiger partial charge in [0.2, 0.25) is 10.0 Å². The molecule has 0 spiro atoms. The van der Waals surface area contributed by atoms with Crippen molar-refractivity contribution in [2.45, 2.75) is 18.4 Å². The second-order valence-electron chi connectivity index (χ2n) is 2.88. The Hall–Kier alpha value is -1.11. The molecule has 0 fully saturated rings. The van der Waals surface area contributed by atoms with E-state index in [1.807, 2.05) is 0 Å². The molecule has 1 aromatic rings. The van der Waals surface area contributed by atoms with E-state index in [1.165, 1.54) is 12.1 Å². The van der Waals surface area contributed by atoms with Crippen molar-refractivity contribution in [2.75, 3.05) is 6.61 Å². The van der Waals surface area contributed by atoms with Crippen molar-refractivity contribution in [1.82, 2.24) is 0 Å². The number of primary sulfonamides is 1. The molecule has 6 heteroatoms. The zero-order chi connectivity index (χ0) is 11.5. The summed E-state index contributed by atoms with van der Waals surface area (Å²) in [6.45, 7) is 1.67. The van der Waals surface area contributed by atoms with Crippen LogP contribution in [0.15, 0.2) is 23.1 Å². The van der Waals surface area contributed by atoms with Gasteiger partial charge in [0.05, 0.1) is 13.2 Å². The van der Waals surface area contributed by atoms with Gasteiger partial charge in [0.1, 0.15) is 10.6 Å². The second kappa shape index (κ2) is 4.61. The molecule has 0 atom stereocenters. The summed E-state index contributed by atoms with van der Waals surface area (Å²) >= 11 is 0. The zero-order valence-corrected chi connectivity index (χ0v) is 9.12. The van der Waals surface area contributed by atoms with Crippen LogP contribution in [0.25, 0.3) is 0 Å². The molecular formula is C9H13NO4S. The minimum Gasteiger partial charge on any atom is -0.492 e. The molecule has 1 rings (SSSR count). The lowest BCUT2D eigenvalue weighted by Gasteiger charge is -2.11. The first-order valence-electron chi connectivity index (χ1n) is 4.39. The highest BCUT2D eigenvalue weighted by atomic mass is 32.2. The maximum absolute atomic E-state index is 11.3. The summed E-state index contributed by atoms with van der Waals surface area (Å²) in [6.07, 6.45) is 0. The second-order valence-corrected chi connectivity index (χ2v) is 4.38. The first kappa shape index (κ1) is 12.0. The van der Waals surface area contributed by atoms with Crippen LogP contribution in [0.5, 0.6) is 5.75 Å². The van der Waals surface area contributed by atoms with E-state index in [-0.39, 0.29) is 16.2 Å². The lowest BCUT2D eigenvalue weighted by atomic mass is 10.2. The van der Waals surface area contributed by atoms with Crippen LogP contribution in [0.3, 0.4) is 0 Å². The van der Waals surface area contributed by atoms with E-state index >= 15 is 0 Å². The van der Waals surface area contributed by atoms with Gasteiger partial charge in [-0.05, 0) is 13.0 Å². The van der Waals surface area contributed by atoms with Crippen molar-refractivity contribution < 1.29 is 18.3 Å². The number of ether oxygens (including phenoxy) is 1. The maximum atomic E-state index is 11.3. The summed E-state index contributed by atoms with van der Waals surface area (Å²) in [4.78, 5) is -0.144. The van der Waals surface area contributed by atoms with E-state index in [4.69, 9.17) is 15.0 Å². The number of hydrogen-bond acceptors (Lipinski definition) is 4. The van der Waals surface area contributed by atoms with Gasteiger partial charge in [0, 0.05) is 5.56 Å². The fourth-order valence-corrected chi connectivity index (χ4v) is 2.18. The summed E-state index contributed by atoms with van der Waals surface area (Å²) < 4.78 is 27.7. The van der Waals surface area contributed by atoms with Gasteiger partial charge in [0.25, 0.3) is 0 Å². The van der Waals surface area contributed by atoms with Crippen molar-refractivity contribution in [3.05, 3.63) is 23.8 Å². The molecule has 15 heavy (non-hydrogen) atoms. The van der Waals surface area contributed by atoms with Crippen LogP contribution in [0.4, 0.5) is 0 Å². The Labute approximate surface area is 88.5 Å². The van der Waals surface area contributed by atoms with Gasteiger partial charge in [-0.15, -0.1) is 0 Å². The van der Waals surface area contributed by atoms with Crippen LogP contribution in [0.2, 0.25) is 0 Å². The van der Waals surface area contributed by atoms with Gasteiger partial charge < -0.3 is 9.84 Å². The minimum atomic E-state index is -3.88. The highest BCUT2D eigenvalue weighted by molar-refractivity contribution is 7.89. The summed E-state index contributed by atoms with van der Waals surface area (Å²) in [5.74, 6) is 0.173. The SMILES string of the molecule is CCOc1cccc(CO)c1S(N)(=O)=O. The molecule has 84 valence electrons. The third-order valence-corrected chi connectivity index (χ3v) is 2.85. The Morgan fingerprint density at radius 3 is 2.60 bits per heavy atom. The number of aliphatic hydroxyl groups is 1. The van der Waals surface area contributed by atoms with E-state index in [1.54, 1.807) is 13.0 Å². The van der Waals surface area contributed by atoms with E-state index in [0.717, 1.165) is 0 Å². The largest absolute Gasteiger partial charge is 0.492 e. The Morgan fingerprint density at radius 2 is 2.13 bits per heavy atom. The number of nitrogens with two attached hydrogens (primary N) is 1. The van der Waals surface area contributed by atoms with Gasteiger partial charge >= 0.3 is 0 Å². The quantitative estimate of drug-likeness (QED) is 0.776. The smallest absolute Gasteiger partial charge is 0.242 e. The normalized spacial score (nSPS) is 11.4. The molecule has 1 aromatic carbocycles. The number of sulfonamides is 1. The van der Waals surface area contributed by atoms with E-state index in [2.05, 4.69) is 0 Å². The average Bonchev–Trinajstić information content (AvgIpc) is 2.16. The third kappa shape index (κ3) is 2.68. The molecule has 0 bridgehead atoms. The predicted molar refractivity (Wildman–Crippen MR) is 54.9 cm³/mol. The van der Waals surface area contributed by atoms with Gasteiger partial charge in [-0.1, -0.05) is 12.1 Å². The van der Waals surface area contributed by atoms with Crippen molar-refractivity contribution in [3.63, 3.8) is 0 Å². The summed E-state index contributed by atoms with van der Waals surface area (Å²) in [5, 5.41) is 14.0. The fourth-order valence-electron chi connectivity index (χ4n) is 1.28. The van der Waals surface area contributed by atoms with Crippen molar-refractivity contribution >= 4 is 10.0 Å². The topological polar surface area (TPSA) is 89.6 Å². The Bertz CT molecular complexity index is 441. The molecule has 0 aliphatic carbocycles. The van der Waals surface area contributed by atoms with E-state index in [0.29, 0.717) is 6.61 Å². The molecule has 0 saturated heterocycles. The van der Waals surface area contributed by atoms with Gasteiger partial charge in [-0.25, -0.2) is 13.6 Å². The molecule has 0 aliphatic heterocycles. The van der Waals surface area contributed by atoms with Crippen LogP contribution >= 0.6 is 0 Å². The molecule has 0 aliphatic rings. The lowest BCUT2D eigenvalue weighted by Crippen LogP contribution is -2.16. The standard InChI is InChI=1S/C9H13NO4S/c1-2-14-8-5-3-4-7(6-11)9(8)15(10,12)13/h3-5,11H,2,6H2,1H3,(H2,10,12,13). The fraction of sp³-hybridized carbons (Fsp3) is 0.333. The van der Waals surface area contributed by atoms with Crippen molar-refractivity contribution in [2.24, 2.45) is 5.14 Å². The highest BCUT2D eigenvalue weighted by Crippen LogP contribution is 2.26. The Kier molecular flexibility index (Phi) is 3.67. The van der Waals surface area contributed by atoms with Crippen LogP contribution in [0, 0.1) is 0 Å². The Balaban J connectivity index is 3.41. The predicted octanol–water partition coefficient (Wildman–Crippen LogP) is 0.225. The Morgan fingerprint density at radius 1 is 1.47 bits per heavy atom. The van der Waals surface area contributed by atoms with Crippen LogP contribution in [0.1, 0.15) is 12.5 Å². The van der Waals surface area contributed by atoms with Gasteiger partial charge in [0.15, 0.2) is 0 Å². The van der Waals surface area contributed by atoms with Crippen LogP contribution in [-0.2, 0) is 16.6 Å². The molecule has 3 N–H and O–H groups in total. The summed E-state index contributed by atoms with van der Waals surface area (Å²) in [6, 6.07) is 4.59. The zero-order valence-electron chi connectivity index (χ0n) is 8.30. The monoisotopic (exact) mass is 231 g/mol. The van der Waals surface area contributed by atoms with Crippen LogP contribution in [-0.4, -0.2) is 20.1 Å². The molecule has 0 amide bonds. The third-order valence-electron chi connectivity index (χ3n) is 1.82. The van der Waals surface area contributed by atoms with Gasteiger partial charge in [-0.3, -0.25) is 0 Å². The molecule has 5 nitrogen and oxygen atoms in total. The maximum Gasteiger partial charge on any atom is 0.242 e. The average molecular weight is 231 g/mol. The minimum absolute atomic E-state index is 0.144. The van der Waals surface area contributed by atoms with E-state index in [9.17, 15) is 8.42 Å². The first-order valence-corrected chi connectivity index (χ1v) is 5.93. The molecule has 0 aromatic heterocycles. The highest BCUT2D eigenvalue weighted by Gasteiger charge is 2.19. The lowest BCUT2D eigenvalue weighted by molar-refractivity contribution is 0.274. The van der Waals surface area contributed by atoms with Crippen LogP contribution < -0.4 is 9.88 Å². The van der Waals surface area contributed by atoms with Crippen molar-refractivity contribution in [1.29, 1.82) is 0 Å². The number of benzene rings is 1. The number of rotatable bonds is 4. The summed E-state index contributed by atoms with van der Waals surface area (Å²) in [5.41, 5.74) is 0.239. The number of aliphatic hydroxyl groups excluding tert-OH is 1. The van der Waals surface area contributed by atoms with Crippen molar-refractivity contribution in [3.8, 4) is 5.75 Å². The van der Waals surface area contributed by atoms with E-state index < -0.39 is 16.6 Å². The summed E-state index contributed by atoms with van der Waals surface area (Å²) in [7, 11) is -3.88.